The molecule has 1 saturated heterocycles. The molecule has 7 nitrogen and oxygen atoms in total. The highest BCUT2D eigenvalue weighted by molar-refractivity contribution is 5.83. The minimum atomic E-state index is -0.822. The number of likely N-dealkylation sites (tertiary alicyclic amines) is 1. The number of rotatable bonds is 6. The van der Waals surface area contributed by atoms with Crippen LogP contribution < -0.4 is 0 Å². The molecule has 27 heavy (non-hydrogen) atoms. The van der Waals surface area contributed by atoms with Crippen LogP contribution in [0.25, 0.3) is 0 Å². The molecule has 0 bridgehead atoms. The third-order valence-electron chi connectivity index (χ3n) is 5.16. The van der Waals surface area contributed by atoms with Crippen molar-refractivity contribution in [1.29, 1.82) is 0 Å². The highest BCUT2D eigenvalue weighted by Crippen LogP contribution is 2.23. The molecule has 1 aromatic heterocycles. The van der Waals surface area contributed by atoms with Gasteiger partial charge in [-0.25, -0.2) is 0 Å². The number of hydrogen-bond acceptors (Lipinski definition) is 4. The highest BCUT2D eigenvalue weighted by Gasteiger charge is 2.30. The highest BCUT2D eigenvalue weighted by atomic mass is 16.4. The van der Waals surface area contributed by atoms with Crippen molar-refractivity contribution in [3.05, 3.63) is 54.4 Å². The number of carbonyl (C=O) groups is 2. The summed E-state index contributed by atoms with van der Waals surface area (Å²) < 4.78 is 1.70. The van der Waals surface area contributed by atoms with E-state index in [1.165, 1.54) is 0 Å². The summed E-state index contributed by atoms with van der Waals surface area (Å²) in [6, 6.07) is 11.2. The largest absolute Gasteiger partial charge is 0.480 e. The normalized spacial score (nSPS) is 18.9. The molecular weight excluding hydrogens is 344 g/mol. The summed E-state index contributed by atoms with van der Waals surface area (Å²) in [5.41, 5.74) is 0.912. The number of amides is 1. The lowest BCUT2D eigenvalue weighted by atomic mass is 10.1. The molecule has 0 saturated carbocycles. The maximum atomic E-state index is 13.4. The average Bonchev–Trinajstić information content (AvgIpc) is 3.05. The molecule has 1 amide bonds. The first-order valence-corrected chi connectivity index (χ1v) is 9.31. The van der Waals surface area contributed by atoms with Crippen molar-refractivity contribution in [2.24, 2.45) is 0 Å². The second-order valence-electron chi connectivity index (χ2n) is 7.02. The van der Waals surface area contributed by atoms with Crippen LogP contribution in [0.2, 0.25) is 0 Å². The van der Waals surface area contributed by atoms with Gasteiger partial charge in [-0.05, 0) is 37.9 Å². The second-order valence-corrected chi connectivity index (χ2v) is 7.02. The lowest BCUT2D eigenvalue weighted by Gasteiger charge is -2.28. The van der Waals surface area contributed by atoms with Gasteiger partial charge in [0.1, 0.15) is 0 Å². The number of carbonyl (C=O) groups excluding carboxylic acids is 1. The van der Waals surface area contributed by atoms with Crippen LogP contribution in [-0.2, 0) is 9.59 Å². The third-order valence-corrected chi connectivity index (χ3v) is 5.16. The van der Waals surface area contributed by atoms with Gasteiger partial charge in [-0.1, -0.05) is 30.3 Å². The zero-order chi connectivity index (χ0) is 19.2. The third kappa shape index (κ3) is 4.74. The van der Waals surface area contributed by atoms with Crippen LogP contribution in [0.15, 0.2) is 48.8 Å². The van der Waals surface area contributed by atoms with Gasteiger partial charge in [0.15, 0.2) is 6.04 Å². The van der Waals surface area contributed by atoms with E-state index in [1.54, 1.807) is 10.9 Å². The van der Waals surface area contributed by atoms with Crippen molar-refractivity contribution >= 4 is 11.9 Å². The topological polar surface area (TPSA) is 78.7 Å². The Kier molecular flexibility index (Phi) is 6.24. The molecule has 0 spiro atoms. The van der Waals surface area contributed by atoms with Gasteiger partial charge in [-0.2, -0.15) is 5.10 Å². The monoisotopic (exact) mass is 370 g/mol. The van der Waals surface area contributed by atoms with E-state index in [0.29, 0.717) is 13.1 Å². The Bertz CT molecular complexity index is 748. The standard InChI is InChI=1S/C20H26N4O3/c1-22(15-18(25)26)17-9-5-12-23(14-10-17)20(27)19(24-13-6-11-21-24)16-7-3-2-4-8-16/h2-4,6-8,11,13,17,19H,5,9-10,12,14-15H2,1H3,(H,25,26). The van der Waals surface area contributed by atoms with E-state index in [1.807, 2.05) is 59.4 Å². The lowest BCUT2D eigenvalue weighted by molar-refractivity contribution is -0.138. The number of nitrogens with zero attached hydrogens (tertiary/aromatic N) is 4. The molecule has 2 unspecified atom stereocenters. The van der Waals surface area contributed by atoms with Crippen molar-refractivity contribution in [3.63, 3.8) is 0 Å². The molecule has 1 aliphatic rings. The summed E-state index contributed by atoms with van der Waals surface area (Å²) in [4.78, 5) is 28.1. The maximum Gasteiger partial charge on any atom is 0.317 e. The SMILES string of the molecule is CN(CC(=O)O)C1CCCN(C(=O)C(c2ccccc2)n2cccn2)CC1. The smallest absolute Gasteiger partial charge is 0.317 e. The van der Waals surface area contributed by atoms with Crippen LogP contribution in [0.3, 0.4) is 0 Å². The Balaban J connectivity index is 1.74. The van der Waals surface area contributed by atoms with E-state index >= 15 is 0 Å². The van der Waals surface area contributed by atoms with Crippen molar-refractivity contribution in [2.45, 2.75) is 31.3 Å². The van der Waals surface area contributed by atoms with Crippen LogP contribution in [-0.4, -0.2) is 69.3 Å². The van der Waals surface area contributed by atoms with Crippen molar-refractivity contribution in [2.75, 3.05) is 26.7 Å². The van der Waals surface area contributed by atoms with Crippen molar-refractivity contribution < 1.29 is 14.7 Å². The van der Waals surface area contributed by atoms with E-state index < -0.39 is 12.0 Å². The van der Waals surface area contributed by atoms with Gasteiger partial charge in [0, 0.05) is 31.5 Å². The van der Waals surface area contributed by atoms with Gasteiger partial charge < -0.3 is 10.0 Å². The predicted molar refractivity (Wildman–Crippen MR) is 101 cm³/mol. The van der Waals surface area contributed by atoms with Crippen LogP contribution >= 0.6 is 0 Å². The molecule has 0 radical (unpaired) electrons. The molecule has 144 valence electrons. The number of likely N-dealkylation sites (N-methyl/N-ethyl adjacent to an activating group) is 1. The number of aromatic nitrogens is 2. The Labute approximate surface area is 159 Å². The Morgan fingerprint density at radius 3 is 2.67 bits per heavy atom. The molecule has 2 heterocycles. The molecule has 1 aromatic carbocycles. The van der Waals surface area contributed by atoms with E-state index in [2.05, 4.69) is 5.10 Å². The quantitative estimate of drug-likeness (QED) is 0.840. The van der Waals surface area contributed by atoms with E-state index in [0.717, 1.165) is 24.8 Å². The minimum Gasteiger partial charge on any atom is -0.480 e. The number of carboxylic acids is 1. The number of hydrogen-bond donors (Lipinski definition) is 1. The molecule has 7 heteroatoms. The molecule has 2 atom stereocenters. The molecule has 1 N–H and O–H groups in total. The Hall–Kier alpha value is -2.67. The lowest BCUT2D eigenvalue weighted by Crippen LogP contribution is -2.40. The molecule has 1 aliphatic heterocycles. The van der Waals surface area contributed by atoms with E-state index in [-0.39, 0.29) is 18.5 Å². The maximum absolute atomic E-state index is 13.4. The molecular formula is C20H26N4O3. The summed E-state index contributed by atoms with van der Waals surface area (Å²) in [6.45, 7) is 1.33. The van der Waals surface area contributed by atoms with Gasteiger partial charge in [0.2, 0.25) is 0 Å². The Morgan fingerprint density at radius 1 is 1.22 bits per heavy atom. The fourth-order valence-corrected chi connectivity index (χ4v) is 3.73. The first-order chi connectivity index (χ1) is 13.1. The van der Waals surface area contributed by atoms with Gasteiger partial charge in [-0.3, -0.25) is 19.2 Å². The number of carboxylic acid groups (broad SMARTS) is 1. The van der Waals surface area contributed by atoms with Crippen molar-refractivity contribution in [3.8, 4) is 0 Å². The summed E-state index contributed by atoms with van der Waals surface area (Å²) in [5.74, 6) is -0.788. The van der Waals surface area contributed by atoms with Crippen molar-refractivity contribution in [1.82, 2.24) is 19.6 Å². The Morgan fingerprint density at radius 2 is 2.00 bits per heavy atom. The molecule has 0 aliphatic carbocycles. The summed E-state index contributed by atoms with van der Waals surface area (Å²) in [6.07, 6.45) is 6.03. The van der Waals surface area contributed by atoms with Crippen LogP contribution in [0.4, 0.5) is 0 Å². The fraction of sp³-hybridized carbons (Fsp3) is 0.450. The summed E-state index contributed by atoms with van der Waals surface area (Å²) in [7, 11) is 1.84. The van der Waals surface area contributed by atoms with Gasteiger partial charge in [0.25, 0.3) is 5.91 Å². The number of benzene rings is 1. The summed E-state index contributed by atoms with van der Waals surface area (Å²) >= 11 is 0. The van der Waals surface area contributed by atoms with Gasteiger partial charge in [-0.15, -0.1) is 0 Å². The second kappa shape index (κ2) is 8.81. The zero-order valence-corrected chi connectivity index (χ0v) is 15.6. The molecule has 2 aromatic rings. The van der Waals surface area contributed by atoms with Crippen LogP contribution in [0.5, 0.6) is 0 Å². The van der Waals surface area contributed by atoms with E-state index in [4.69, 9.17) is 5.11 Å². The molecule has 1 fully saturated rings. The fourth-order valence-electron chi connectivity index (χ4n) is 3.73. The summed E-state index contributed by atoms with van der Waals surface area (Å²) in [5, 5.41) is 13.3. The number of aliphatic carboxylic acids is 1. The first kappa shape index (κ1) is 19.1. The molecule has 3 rings (SSSR count). The predicted octanol–water partition coefficient (Wildman–Crippen LogP) is 1.87. The first-order valence-electron chi connectivity index (χ1n) is 9.31. The van der Waals surface area contributed by atoms with Gasteiger partial charge in [0.05, 0.1) is 6.54 Å². The average molecular weight is 370 g/mol. The minimum absolute atomic E-state index is 0.0263. The van der Waals surface area contributed by atoms with Crippen LogP contribution in [0, 0.1) is 0 Å². The van der Waals surface area contributed by atoms with Crippen LogP contribution in [0.1, 0.15) is 30.9 Å². The van der Waals surface area contributed by atoms with Gasteiger partial charge >= 0.3 is 5.97 Å². The van der Waals surface area contributed by atoms with E-state index in [9.17, 15) is 9.59 Å². The zero-order valence-electron chi connectivity index (χ0n) is 15.6.